The lowest BCUT2D eigenvalue weighted by molar-refractivity contribution is -0.146. The fourth-order valence-corrected chi connectivity index (χ4v) is 21.1. The SMILES string of the molecule is C=C[C@@H]1C[C@]1(NC(=O)[C@@H]1C[C@@H](Oc2cc(-c3csc(NC4CCCC4)n3)nc3cc(C)ccc23)CN1C(=O)[C@@H](NC(=O)OC1CCCC1)C(C)(C)C)C(=O)NS(=O)(=O)c1ccccc1.C=C[C@@H]1C[C@]1(NC(=O)[C@@H]1C[C@@H](Oc2cc(-c3csc(NC4CCCC4)n3)nc3cc(C)ccc23)CN1C(=O)[C@@H](NC(=O)OC1CCCC1)C(C)(C)C)C(=O)O.NS(=O)(=O)c1ccccc1. The third kappa shape index (κ3) is 22.5. The molecule has 0 radical (unpaired) electrons. The standard InChI is InChI=1S/C47H57N7O8S2.C41H52N6O7S.C6H7NO2S/c1-6-29-25-47(29,43(57)53-64(59,60)33-18-8-7-9-19-33)52-41(55)38-23-32(26-54(38)42(56)40(46(3,4)5)51-45(58)62-31-16-12-13-17-31)61-39-24-36(49-35-22-28(2)20-21-34(35)39)37-27-63-44(50-37)48-30-14-10-11-15-30;1-6-24-20-41(24,37(50)51)46-35(48)32-18-27(21-47(32)36(49)34(40(3,4)5)45-39(52)54-26-13-9-10-14-26)53-33-19-30(43-29-17-23(2)15-16-28(29)33)31-22-55-38(44-31)42-25-11-7-8-12-25;7-10(8,9)6-4-2-1-3-5-6/h6-9,18-22,24,27,29-32,38,40H,1,10-17,23,25-26H2,2-5H3,(H,48,50)(H,51,58)(H,52,55)(H,53,57);6,15-17,19,22,24-27,32,34H,1,7-14,18,20-21H2,2-5H3,(H,42,44)(H,45,52)(H,46,48)(H,50,51);1-5H,(H2,7,8,9)/t29-,32-,38+,40-,47-;24-,27-,32+,34-,41-;/m11./s1. The number of anilines is 2. The summed E-state index contributed by atoms with van der Waals surface area (Å²) in [5.41, 5.74) is 1.34. The number of benzene rings is 4. The first-order valence-corrected chi connectivity index (χ1v) is 49.1. The number of aliphatic carboxylic acids is 1. The number of pyridine rings is 2. The maximum absolute atomic E-state index is 14.9. The monoisotopic (exact) mass is 1840 g/mol. The van der Waals surface area contributed by atoms with Gasteiger partial charge < -0.3 is 65.8 Å². The predicted octanol–water partition coefficient (Wildman–Crippen LogP) is 14.0. The number of primary sulfonamides is 1. The number of aryl methyl sites for hydroxylation is 2. The van der Waals surface area contributed by atoms with Crippen LogP contribution in [-0.4, -0.2) is 184 Å². The Labute approximate surface area is 760 Å². The normalized spacial score (nSPS) is 22.9. The van der Waals surface area contributed by atoms with Crippen LogP contribution >= 0.6 is 22.7 Å². The van der Waals surface area contributed by atoms with Crippen LogP contribution in [0, 0.1) is 36.5 Å². The lowest BCUT2D eigenvalue weighted by Gasteiger charge is -2.35. The zero-order valence-electron chi connectivity index (χ0n) is 74.0. The summed E-state index contributed by atoms with van der Waals surface area (Å²) in [7, 11) is -7.79. The van der Waals surface area contributed by atoms with Gasteiger partial charge in [0, 0.05) is 70.4 Å². The van der Waals surface area contributed by atoms with Gasteiger partial charge in [0.2, 0.25) is 33.7 Å². The van der Waals surface area contributed by atoms with Gasteiger partial charge >= 0.3 is 18.2 Å². The molecule has 10 atom stereocenters. The molecule has 6 heterocycles. The van der Waals surface area contributed by atoms with Crippen molar-refractivity contribution in [1.29, 1.82) is 0 Å². The number of likely N-dealkylation sites (tertiary alicyclic amines) is 2. The summed E-state index contributed by atoms with van der Waals surface area (Å²) in [6, 6.07) is 27.2. The van der Waals surface area contributed by atoms with Crippen LogP contribution in [0.3, 0.4) is 0 Å². The number of carboxylic acids is 1. The number of amides is 7. The molecule has 16 rings (SSSR count). The van der Waals surface area contributed by atoms with Crippen molar-refractivity contribution in [2.24, 2.45) is 27.8 Å². The number of nitrogens with two attached hydrogens (primary N) is 1. The molecule has 688 valence electrons. The van der Waals surface area contributed by atoms with Crippen LogP contribution in [0.4, 0.5) is 19.9 Å². The lowest BCUT2D eigenvalue weighted by atomic mass is 9.85. The van der Waals surface area contributed by atoms with Crippen molar-refractivity contribution in [3.05, 3.63) is 156 Å². The van der Waals surface area contributed by atoms with Crippen LogP contribution in [0.15, 0.2) is 155 Å². The molecule has 0 unspecified atom stereocenters. The molecule has 31 nitrogen and oxygen atoms in total. The molecule has 8 fully saturated rings. The van der Waals surface area contributed by atoms with E-state index in [1.165, 1.54) is 94.6 Å². The summed E-state index contributed by atoms with van der Waals surface area (Å²) in [5, 5.41) is 40.4. The summed E-state index contributed by atoms with van der Waals surface area (Å²) >= 11 is 3.06. The van der Waals surface area contributed by atoms with E-state index in [0.717, 1.165) is 115 Å². The number of fused-ring (bicyclic) bond motifs is 2. The molecule has 2 aliphatic heterocycles. The van der Waals surface area contributed by atoms with Crippen molar-refractivity contribution < 1.29 is 79.2 Å². The van der Waals surface area contributed by atoms with Crippen LogP contribution in [0.2, 0.25) is 0 Å². The van der Waals surface area contributed by atoms with Gasteiger partial charge in [0.15, 0.2) is 10.3 Å². The Morgan fingerprint density at radius 2 is 0.907 bits per heavy atom. The van der Waals surface area contributed by atoms with Gasteiger partial charge in [-0.3, -0.25) is 24.0 Å². The third-order valence-corrected chi connectivity index (χ3v) is 29.2. The van der Waals surface area contributed by atoms with Crippen molar-refractivity contribution in [2.45, 2.75) is 265 Å². The number of sulfonamides is 2. The summed E-state index contributed by atoms with van der Waals surface area (Å²) in [5.74, 6) is -4.40. The average Bonchev–Trinajstić information content (AvgIpc) is 1.58. The fourth-order valence-electron chi connectivity index (χ4n) is 18.0. The molecular weight excluding hydrogens is 1730 g/mol. The number of thiazole rings is 2. The minimum absolute atomic E-state index is 0.0108. The molecule has 4 aromatic heterocycles. The number of carboxylic acid groups (broad SMARTS) is 1. The highest BCUT2D eigenvalue weighted by atomic mass is 32.2. The Hall–Kier alpha value is -11.1. The second kappa shape index (κ2) is 39.3. The minimum atomic E-state index is -4.29. The van der Waals surface area contributed by atoms with Crippen molar-refractivity contribution in [2.75, 3.05) is 23.7 Å². The highest BCUT2D eigenvalue weighted by Crippen LogP contribution is 2.48. The number of rotatable bonds is 27. The number of alkyl carbamates (subject to hydrolysis) is 2. The Kier molecular flexibility index (Phi) is 28.6. The van der Waals surface area contributed by atoms with Gasteiger partial charge in [0.25, 0.3) is 15.9 Å². The molecule has 6 saturated carbocycles. The Morgan fingerprint density at radius 3 is 1.28 bits per heavy atom. The van der Waals surface area contributed by atoms with Crippen molar-refractivity contribution in [3.63, 3.8) is 0 Å². The van der Waals surface area contributed by atoms with Gasteiger partial charge in [-0.25, -0.2) is 61.0 Å². The average molecular weight is 1840 g/mol. The first-order chi connectivity index (χ1) is 61.4. The van der Waals surface area contributed by atoms with Crippen molar-refractivity contribution in [3.8, 4) is 34.3 Å². The Balaban J connectivity index is 0.000000189. The number of carbonyl (C=O) groups is 8. The largest absolute Gasteiger partial charge is 0.488 e. The summed E-state index contributed by atoms with van der Waals surface area (Å²) in [6.45, 7) is 22.5. The molecular formula is C94H116N14O17S4. The molecule has 4 aromatic carbocycles. The van der Waals surface area contributed by atoms with Gasteiger partial charge in [-0.2, -0.15) is 0 Å². The number of hydrogen-bond donors (Lipinski definition) is 9. The molecule has 129 heavy (non-hydrogen) atoms. The van der Waals surface area contributed by atoms with E-state index < -0.39 is 138 Å². The van der Waals surface area contributed by atoms with E-state index in [1.54, 1.807) is 36.4 Å². The zero-order valence-corrected chi connectivity index (χ0v) is 77.2. The first-order valence-electron chi connectivity index (χ1n) is 44.4. The van der Waals surface area contributed by atoms with Crippen LogP contribution in [-0.2, 0) is 58.3 Å². The molecule has 8 aromatic rings. The number of ether oxygens (including phenoxy) is 4. The van der Waals surface area contributed by atoms with Gasteiger partial charge in [-0.05, 0) is 174 Å². The van der Waals surface area contributed by atoms with E-state index in [2.05, 4.69) is 49.8 Å². The lowest BCUT2D eigenvalue weighted by Crippen LogP contribution is -2.60. The van der Waals surface area contributed by atoms with E-state index in [0.29, 0.717) is 51.9 Å². The highest BCUT2D eigenvalue weighted by Gasteiger charge is 2.63. The minimum Gasteiger partial charge on any atom is -0.488 e. The second-order valence-corrected chi connectivity index (χ2v) is 42.2. The smallest absolute Gasteiger partial charge is 0.408 e. The highest BCUT2D eigenvalue weighted by molar-refractivity contribution is 7.90. The number of nitrogens with zero attached hydrogens (tertiary/aromatic N) is 6. The number of nitrogens with one attached hydrogen (secondary N) is 7. The molecule has 10 N–H and O–H groups in total. The van der Waals surface area contributed by atoms with E-state index in [-0.39, 0.29) is 60.8 Å². The van der Waals surface area contributed by atoms with E-state index in [9.17, 15) is 60.3 Å². The summed E-state index contributed by atoms with van der Waals surface area (Å²) in [4.78, 5) is 134. The first kappa shape index (κ1) is 94.0. The zero-order chi connectivity index (χ0) is 92.1. The van der Waals surface area contributed by atoms with Crippen molar-refractivity contribution in [1.82, 2.24) is 55.7 Å². The van der Waals surface area contributed by atoms with Gasteiger partial charge in [0.05, 0.1) is 45.3 Å². The molecule has 2 saturated heterocycles. The molecule has 8 aliphatic rings. The Morgan fingerprint density at radius 1 is 0.519 bits per heavy atom. The number of aromatic nitrogens is 4. The molecule has 35 heteroatoms. The van der Waals surface area contributed by atoms with E-state index >= 15 is 0 Å². The van der Waals surface area contributed by atoms with Gasteiger partial charge in [-0.1, -0.05) is 128 Å². The fraction of sp³-hybridized carbons (Fsp3) is 0.489. The van der Waals surface area contributed by atoms with Crippen LogP contribution in [0.25, 0.3) is 44.6 Å². The van der Waals surface area contributed by atoms with Crippen LogP contribution in [0.1, 0.15) is 181 Å². The molecule has 0 bridgehead atoms. The van der Waals surface area contributed by atoms with E-state index in [4.69, 9.17) is 44.0 Å². The second-order valence-electron chi connectivity index (χ2n) is 37.3. The van der Waals surface area contributed by atoms with Crippen LogP contribution < -0.4 is 51.2 Å². The molecule has 7 amide bonds. The molecule has 6 aliphatic carbocycles. The van der Waals surface area contributed by atoms with Gasteiger partial charge in [0.1, 0.15) is 82.5 Å². The van der Waals surface area contributed by atoms with Gasteiger partial charge in [-0.15, -0.1) is 35.8 Å². The topological polar surface area (TPSA) is 430 Å². The van der Waals surface area contributed by atoms with Crippen molar-refractivity contribution >= 4 is 122 Å². The number of carbonyl (C=O) groups excluding carboxylic acids is 7. The molecule has 0 spiro atoms. The van der Waals surface area contributed by atoms with E-state index in [1.807, 2.05) is 115 Å². The maximum atomic E-state index is 14.9. The quantitative estimate of drug-likeness (QED) is 0.0216. The summed E-state index contributed by atoms with van der Waals surface area (Å²) < 4.78 is 74.9. The summed E-state index contributed by atoms with van der Waals surface area (Å²) in [6.07, 6.45) is 16.4. The van der Waals surface area contributed by atoms with Crippen LogP contribution in [0.5, 0.6) is 11.5 Å². The maximum Gasteiger partial charge on any atom is 0.408 e. The Bertz CT molecular complexity index is 5740. The number of hydrogen-bond acceptors (Lipinski definition) is 24. The third-order valence-electron chi connectivity index (χ3n) is 25.4. The predicted molar refractivity (Wildman–Crippen MR) is 492 cm³/mol.